The Morgan fingerprint density at radius 2 is 2.17 bits per heavy atom. The van der Waals surface area contributed by atoms with E-state index in [4.69, 9.17) is 16.3 Å². The molecule has 6 nitrogen and oxygen atoms in total. The fourth-order valence-corrected chi connectivity index (χ4v) is 2.92. The Hall–Kier alpha value is -1.82. The standard InChI is InChI=1S/C16H21ClN4O2/c1-16(2,3)23-15(22)21-8-4-5-10(9-21)13-18-11-6-7-12(17)19-14(11)20-13/h6-7,10H,4-5,8-9H2,1-3H3,(H,18,19,20). The Bertz CT molecular complexity index is 722. The highest BCUT2D eigenvalue weighted by atomic mass is 35.5. The van der Waals surface area contributed by atoms with Crippen LogP contribution >= 0.6 is 11.6 Å². The number of pyridine rings is 1. The van der Waals surface area contributed by atoms with E-state index >= 15 is 0 Å². The number of carbonyl (C=O) groups excluding carboxylic acids is 1. The second kappa shape index (κ2) is 6.00. The first kappa shape index (κ1) is 16.1. The lowest BCUT2D eigenvalue weighted by molar-refractivity contribution is 0.0196. The maximum atomic E-state index is 12.3. The number of nitrogens with one attached hydrogen (secondary N) is 1. The van der Waals surface area contributed by atoms with E-state index in [2.05, 4.69) is 15.0 Å². The Kier molecular flexibility index (Phi) is 4.19. The summed E-state index contributed by atoms with van der Waals surface area (Å²) in [6, 6.07) is 3.57. The topological polar surface area (TPSA) is 71.1 Å². The SMILES string of the molecule is CC(C)(C)OC(=O)N1CCCC(c2nc3ccc(Cl)nc3[nH]2)C1. The van der Waals surface area contributed by atoms with Crippen molar-refractivity contribution in [3.63, 3.8) is 0 Å². The van der Waals surface area contributed by atoms with Crippen molar-refractivity contribution < 1.29 is 9.53 Å². The number of amides is 1. The molecule has 0 aromatic carbocycles. The van der Waals surface area contributed by atoms with E-state index in [0.29, 0.717) is 17.3 Å². The van der Waals surface area contributed by atoms with Gasteiger partial charge in [0.25, 0.3) is 0 Å². The summed E-state index contributed by atoms with van der Waals surface area (Å²) >= 11 is 5.91. The van der Waals surface area contributed by atoms with Gasteiger partial charge < -0.3 is 14.6 Å². The summed E-state index contributed by atoms with van der Waals surface area (Å²) in [5.41, 5.74) is 0.991. The number of halogens is 1. The number of rotatable bonds is 1. The zero-order valence-electron chi connectivity index (χ0n) is 13.6. The maximum absolute atomic E-state index is 12.3. The van der Waals surface area contributed by atoms with Gasteiger partial charge >= 0.3 is 6.09 Å². The van der Waals surface area contributed by atoms with Crippen molar-refractivity contribution in [1.82, 2.24) is 19.9 Å². The molecule has 124 valence electrons. The molecule has 1 fully saturated rings. The van der Waals surface area contributed by atoms with Crippen LogP contribution in [0.2, 0.25) is 5.15 Å². The number of aromatic nitrogens is 3. The van der Waals surface area contributed by atoms with Crippen molar-refractivity contribution in [3.8, 4) is 0 Å². The molecule has 3 rings (SSSR count). The number of ether oxygens (including phenoxy) is 1. The lowest BCUT2D eigenvalue weighted by Crippen LogP contribution is -2.42. The number of nitrogens with zero attached hydrogens (tertiary/aromatic N) is 3. The van der Waals surface area contributed by atoms with Crippen molar-refractivity contribution in [1.29, 1.82) is 0 Å². The number of carbonyl (C=O) groups is 1. The van der Waals surface area contributed by atoms with Crippen LogP contribution in [0, 0.1) is 0 Å². The van der Waals surface area contributed by atoms with Gasteiger partial charge in [-0.25, -0.2) is 14.8 Å². The minimum atomic E-state index is -0.482. The van der Waals surface area contributed by atoms with Gasteiger partial charge in [-0.15, -0.1) is 0 Å². The fourth-order valence-electron chi connectivity index (χ4n) is 2.78. The van der Waals surface area contributed by atoms with Gasteiger partial charge in [-0.3, -0.25) is 0 Å². The summed E-state index contributed by atoms with van der Waals surface area (Å²) in [6.45, 7) is 6.95. The number of hydrogen-bond donors (Lipinski definition) is 1. The van der Waals surface area contributed by atoms with E-state index < -0.39 is 5.60 Å². The summed E-state index contributed by atoms with van der Waals surface area (Å²) in [4.78, 5) is 26.1. The number of imidazole rings is 1. The van der Waals surface area contributed by atoms with Gasteiger partial charge in [0.2, 0.25) is 0 Å². The van der Waals surface area contributed by atoms with Crippen LogP contribution in [0.1, 0.15) is 45.4 Å². The highest BCUT2D eigenvalue weighted by Gasteiger charge is 2.29. The molecule has 1 N–H and O–H groups in total. The fraction of sp³-hybridized carbons (Fsp3) is 0.562. The predicted octanol–water partition coefficient (Wildman–Crippen LogP) is 3.73. The van der Waals surface area contributed by atoms with Crippen LogP contribution < -0.4 is 0 Å². The molecule has 1 unspecified atom stereocenters. The molecule has 1 atom stereocenters. The van der Waals surface area contributed by atoms with Crippen molar-refractivity contribution in [2.75, 3.05) is 13.1 Å². The third-order valence-electron chi connectivity index (χ3n) is 3.79. The van der Waals surface area contributed by atoms with Crippen LogP contribution in [-0.4, -0.2) is 44.6 Å². The molecule has 3 heterocycles. The van der Waals surface area contributed by atoms with E-state index in [0.717, 1.165) is 30.7 Å². The van der Waals surface area contributed by atoms with Gasteiger partial charge in [0.1, 0.15) is 22.1 Å². The molecule has 0 bridgehead atoms. The normalized spacial score (nSPS) is 19.1. The molecule has 1 aliphatic heterocycles. The lowest BCUT2D eigenvalue weighted by Gasteiger charge is -2.33. The molecule has 0 saturated carbocycles. The highest BCUT2D eigenvalue weighted by molar-refractivity contribution is 6.29. The molecule has 2 aromatic rings. The molecule has 1 saturated heterocycles. The summed E-state index contributed by atoms with van der Waals surface area (Å²) in [7, 11) is 0. The van der Waals surface area contributed by atoms with Crippen LogP contribution in [0.3, 0.4) is 0 Å². The smallest absolute Gasteiger partial charge is 0.410 e. The number of aromatic amines is 1. The van der Waals surface area contributed by atoms with Crippen molar-refractivity contribution in [2.45, 2.75) is 45.1 Å². The first-order valence-electron chi connectivity index (χ1n) is 7.82. The van der Waals surface area contributed by atoms with Crippen LogP contribution in [0.4, 0.5) is 4.79 Å². The molecule has 0 radical (unpaired) electrons. The molecular weight excluding hydrogens is 316 g/mol. The molecule has 1 amide bonds. The second-order valence-electron chi connectivity index (χ2n) is 6.89. The van der Waals surface area contributed by atoms with E-state index in [1.54, 1.807) is 11.0 Å². The van der Waals surface area contributed by atoms with Gasteiger partial charge in [-0.2, -0.15) is 0 Å². The molecule has 1 aliphatic rings. The minimum Gasteiger partial charge on any atom is -0.444 e. The van der Waals surface area contributed by atoms with Crippen LogP contribution in [-0.2, 0) is 4.74 Å². The van der Waals surface area contributed by atoms with Crippen LogP contribution in [0.5, 0.6) is 0 Å². The Morgan fingerprint density at radius 3 is 2.91 bits per heavy atom. The first-order valence-corrected chi connectivity index (χ1v) is 8.20. The van der Waals surface area contributed by atoms with E-state index in [1.807, 2.05) is 26.8 Å². The van der Waals surface area contributed by atoms with Crippen molar-refractivity contribution in [2.24, 2.45) is 0 Å². The van der Waals surface area contributed by atoms with Crippen LogP contribution in [0.25, 0.3) is 11.2 Å². The zero-order valence-corrected chi connectivity index (χ0v) is 14.4. The predicted molar refractivity (Wildman–Crippen MR) is 88.7 cm³/mol. The molecule has 0 aliphatic carbocycles. The number of likely N-dealkylation sites (tertiary alicyclic amines) is 1. The Balaban J connectivity index is 1.75. The number of piperidine rings is 1. The average Bonchev–Trinajstić information content (AvgIpc) is 2.88. The molecule has 2 aromatic heterocycles. The third kappa shape index (κ3) is 3.75. The summed E-state index contributed by atoms with van der Waals surface area (Å²) in [5.74, 6) is 1.01. The second-order valence-corrected chi connectivity index (χ2v) is 7.28. The summed E-state index contributed by atoms with van der Waals surface area (Å²) in [6.07, 6.45) is 1.64. The average molecular weight is 337 g/mol. The summed E-state index contributed by atoms with van der Waals surface area (Å²) in [5, 5.41) is 0.437. The van der Waals surface area contributed by atoms with E-state index in [1.165, 1.54) is 0 Å². The number of H-pyrrole nitrogens is 1. The van der Waals surface area contributed by atoms with Crippen LogP contribution in [0.15, 0.2) is 12.1 Å². The molecule has 23 heavy (non-hydrogen) atoms. The lowest BCUT2D eigenvalue weighted by atomic mass is 9.98. The monoisotopic (exact) mass is 336 g/mol. The van der Waals surface area contributed by atoms with Gasteiger partial charge in [0.15, 0.2) is 5.65 Å². The zero-order chi connectivity index (χ0) is 16.6. The van der Waals surface area contributed by atoms with Gasteiger partial charge in [-0.1, -0.05) is 11.6 Å². The summed E-state index contributed by atoms with van der Waals surface area (Å²) < 4.78 is 5.46. The van der Waals surface area contributed by atoms with Gasteiger partial charge in [-0.05, 0) is 45.7 Å². The molecule has 0 spiro atoms. The Morgan fingerprint density at radius 1 is 1.39 bits per heavy atom. The Labute approximate surface area is 140 Å². The minimum absolute atomic E-state index is 0.157. The van der Waals surface area contributed by atoms with Gasteiger partial charge in [0, 0.05) is 19.0 Å². The number of fused-ring (bicyclic) bond motifs is 1. The third-order valence-corrected chi connectivity index (χ3v) is 4.00. The largest absolute Gasteiger partial charge is 0.444 e. The van der Waals surface area contributed by atoms with Crippen molar-refractivity contribution >= 4 is 28.9 Å². The van der Waals surface area contributed by atoms with E-state index in [-0.39, 0.29) is 12.0 Å². The highest BCUT2D eigenvalue weighted by Crippen LogP contribution is 2.27. The molecule has 7 heteroatoms. The quantitative estimate of drug-likeness (QED) is 0.805. The first-order chi connectivity index (χ1) is 10.8. The van der Waals surface area contributed by atoms with Gasteiger partial charge in [0.05, 0.1) is 0 Å². The van der Waals surface area contributed by atoms with Crippen molar-refractivity contribution in [3.05, 3.63) is 23.1 Å². The van der Waals surface area contributed by atoms with E-state index in [9.17, 15) is 4.79 Å². The maximum Gasteiger partial charge on any atom is 0.410 e. The molecular formula is C16H21ClN4O2. The number of hydrogen-bond acceptors (Lipinski definition) is 4.